The van der Waals surface area contributed by atoms with Crippen molar-refractivity contribution in [2.24, 2.45) is 5.92 Å². The van der Waals surface area contributed by atoms with Gasteiger partial charge in [0.15, 0.2) is 6.29 Å². The minimum atomic E-state index is 0.000833. The number of aliphatic hydroxyl groups excluding tert-OH is 1. The predicted molar refractivity (Wildman–Crippen MR) is 52.9 cm³/mol. The van der Waals surface area contributed by atoms with Crippen molar-refractivity contribution in [2.75, 3.05) is 13.2 Å². The molecule has 0 aromatic rings. The monoisotopic (exact) mass is 200 g/mol. The number of aliphatic hydroxyl groups is 1. The topological polar surface area (TPSA) is 38.7 Å². The van der Waals surface area contributed by atoms with Gasteiger partial charge in [-0.3, -0.25) is 0 Å². The van der Waals surface area contributed by atoms with Gasteiger partial charge in [-0.2, -0.15) is 0 Å². The highest BCUT2D eigenvalue weighted by Gasteiger charge is 2.30. The minimum absolute atomic E-state index is 0.000833. The number of hydrogen-bond donors (Lipinski definition) is 1. The van der Waals surface area contributed by atoms with Crippen LogP contribution in [-0.4, -0.2) is 30.7 Å². The van der Waals surface area contributed by atoms with Gasteiger partial charge in [0.05, 0.1) is 6.10 Å². The maximum Gasteiger partial charge on any atom is 0.157 e. The zero-order chi connectivity index (χ0) is 9.80. The van der Waals surface area contributed by atoms with Gasteiger partial charge in [0.1, 0.15) is 0 Å². The zero-order valence-electron chi connectivity index (χ0n) is 8.65. The van der Waals surface area contributed by atoms with E-state index in [1.54, 1.807) is 0 Å². The number of rotatable bonds is 3. The molecule has 82 valence electrons. The maximum atomic E-state index is 9.15. The third kappa shape index (κ3) is 2.47. The average molecular weight is 200 g/mol. The predicted octanol–water partition coefficient (Wildman–Crippen LogP) is 1.69. The highest BCUT2D eigenvalue weighted by molar-refractivity contribution is 4.78. The molecule has 1 aliphatic carbocycles. The Morgan fingerprint density at radius 3 is 2.79 bits per heavy atom. The van der Waals surface area contributed by atoms with Crippen LogP contribution in [0.2, 0.25) is 0 Å². The van der Waals surface area contributed by atoms with Gasteiger partial charge in [-0.25, -0.2) is 0 Å². The standard InChI is InChI=1S/C11H20O3/c12-8-9-4-3-5-10(9)14-11-6-1-2-7-13-11/h9-12H,1-8H2/t9-,10+,11+/m0/s1. The Labute approximate surface area is 85.4 Å². The molecule has 3 heteroatoms. The summed E-state index contributed by atoms with van der Waals surface area (Å²) in [6.07, 6.45) is 7.01. The molecule has 0 aromatic heterocycles. The van der Waals surface area contributed by atoms with Gasteiger partial charge in [0.25, 0.3) is 0 Å². The van der Waals surface area contributed by atoms with Crippen molar-refractivity contribution in [3.8, 4) is 0 Å². The van der Waals surface area contributed by atoms with E-state index in [-0.39, 0.29) is 19.0 Å². The first kappa shape index (κ1) is 10.4. The van der Waals surface area contributed by atoms with E-state index in [2.05, 4.69) is 0 Å². The van der Waals surface area contributed by atoms with Crippen molar-refractivity contribution in [2.45, 2.75) is 50.9 Å². The fourth-order valence-electron chi connectivity index (χ4n) is 2.40. The van der Waals surface area contributed by atoms with Gasteiger partial charge >= 0.3 is 0 Å². The van der Waals surface area contributed by atoms with Crippen LogP contribution < -0.4 is 0 Å². The van der Waals surface area contributed by atoms with Crippen LogP contribution in [-0.2, 0) is 9.47 Å². The van der Waals surface area contributed by atoms with E-state index in [9.17, 15) is 0 Å². The third-order valence-electron chi connectivity index (χ3n) is 3.29. The summed E-state index contributed by atoms with van der Waals surface area (Å²) in [6, 6.07) is 0. The van der Waals surface area contributed by atoms with E-state index >= 15 is 0 Å². The molecule has 0 unspecified atom stereocenters. The van der Waals surface area contributed by atoms with Gasteiger partial charge in [0, 0.05) is 19.1 Å². The van der Waals surface area contributed by atoms with E-state index in [1.807, 2.05) is 0 Å². The third-order valence-corrected chi connectivity index (χ3v) is 3.29. The van der Waals surface area contributed by atoms with Crippen LogP contribution in [0.1, 0.15) is 38.5 Å². The molecule has 0 spiro atoms. The lowest BCUT2D eigenvalue weighted by molar-refractivity contribution is -0.196. The summed E-state index contributed by atoms with van der Waals surface area (Å²) in [7, 11) is 0. The molecule has 1 saturated heterocycles. The van der Waals surface area contributed by atoms with E-state index in [1.165, 1.54) is 12.8 Å². The average Bonchev–Trinajstić information content (AvgIpc) is 2.67. The van der Waals surface area contributed by atoms with Gasteiger partial charge in [-0.1, -0.05) is 6.42 Å². The largest absolute Gasteiger partial charge is 0.396 e. The summed E-state index contributed by atoms with van der Waals surface area (Å²) in [5, 5.41) is 9.15. The normalized spacial score (nSPS) is 38.8. The summed E-state index contributed by atoms with van der Waals surface area (Å²) in [5.74, 6) is 0.348. The molecule has 1 saturated carbocycles. The van der Waals surface area contributed by atoms with E-state index in [0.29, 0.717) is 5.92 Å². The molecule has 2 rings (SSSR count). The molecular formula is C11H20O3. The first-order valence-electron chi connectivity index (χ1n) is 5.78. The van der Waals surface area contributed by atoms with Gasteiger partial charge in [-0.15, -0.1) is 0 Å². The van der Waals surface area contributed by atoms with Crippen molar-refractivity contribution in [3.63, 3.8) is 0 Å². The SMILES string of the molecule is OC[C@@H]1CCC[C@H]1O[C@@H]1CCCCO1. The molecule has 0 radical (unpaired) electrons. The molecule has 1 heterocycles. The molecule has 3 nitrogen and oxygen atoms in total. The van der Waals surface area contributed by atoms with Gasteiger partial charge in [-0.05, 0) is 32.1 Å². The molecular weight excluding hydrogens is 180 g/mol. The summed E-state index contributed by atoms with van der Waals surface area (Å²) in [6.45, 7) is 1.10. The van der Waals surface area contributed by atoms with Crippen LogP contribution >= 0.6 is 0 Å². The molecule has 3 atom stereocenters. The molecule has 0 bridgehead atoms. The van der Waals surface area contributed by atoms with Crippen LogP contribution in [0.5, 0.6) is 0 Å². The highest BCUT2D eigenvalue weighted by Crippen LogP contribution is 2.30. The molecule has 0 aromatic carbocycles. The fraction of sp³-hybridized carbons (Fsp3) is 1.00. The first-order valence-corrected chi connectivity index (χ1v) is 5.78. The molecule has 2 fully saturated rings. The Morgan fingerprint density at radius 2 is 2.07 bits per heavy atom. The Hall–Kier alpha value is -0.120. The van der Waals surface area contributed by atoms with E-state index in [4.69, 9.17) is 14.6 Å². The Bertz CT molecular complexity index is 166. The first-order chi connectivity index (χ1) is 6.90. The fourth-order valence-corrected chi connectivity index (χ4v) is 2.40. The minimum Gasteiger partial charge on any atom is -0.396 e. The second kappa shape index (κ2) is 5.10. The summed E-state index contributed by atoms with van der Waals surface area (Å²) < 4.78 is 11.4. The van der Waals surface area contributed by atoms with E-state index in [0.717, 1.165) is 32.3 Å². The molecule has 14 heavy (non-hydrogen) atoms. The van der Waals surface area contributed by atoms with Crippen LogP contribution in [0, 0.1) is 5.92 Å². The van der Waals surface area contributed by atoms with Crippen molar-refractivity contribution >= 4 is 0 Å². The smallest absolute Gasteiger partial charge is 0.157 e. The van der Waals surface area contributed by atoms with Crippen LogP contribution in [0.25, 0.3) is 0 Å². The van der Waals surface area contributed by atoms with Crippen LogP contribution in [0.3, 0.4) is 0 Å². The summed E-state index contributed by atoms with van der Waals surface area (Å²) in [4.78, 5) is 0. The van der Waals surface area contributed by atoms with Crippen LogP contribution in [0.15, 0.2) is 0 Å². The Balaban J connectivity index is 1.77. The maximum absolute atomic E-state index is 9.15. The quantitative estimate of drug-likeness (QED) is 0.753. The second-order valence-electron chi connectivity index (χ2n) is 4.34. The Morgan fingerprint density at radius 1 is 1.14 bits per heavy atom. The molecule has 0 amide bonds. The van der Waals surface area contributed by atoms with Gasteiger partial charge in [0.2, 0.25) is 0 Å². The summed E-state index contributed by atoms with van der Waals surface area (Å²) in [5.41, 5.74) is 0. The summed E-state index contributed by atoms with van der Waals surface area (Å²) >= 11 is 0. The van der Waals surface area contributed by atoms with Crippen LogP contribution in [0.4, 0.5) is 0 Å². The highest BCUT2D eigenvalue weighted by atomic mass is 16.7. The molecule has 2 aliphatic rings. The molecule has 1 aliphatic heterocycles. The second-order valence-corrected chi connectivity index (χ2v) is 4.34. The van der Waals surface area contributed by atoms with Gasteiger partial charge < -0.3 is 14.6 Å². The van der Waals surface area contributed by atoms with Crippen molar-refractivity contribution in [3.05, 3.63) is 0 Å². The number of ether oxygens (including phenoxy) is 2. The zero-order valence-corrected chi connectivity index (χ0v) is 8.65. The Kier molecular flexibility index (Phi) is 3.79. The van der Waals surface area contributed by atoms with E-state index < -0.39 is 0 Å². The van der Waals surface area contributed by atoms with Crippen molar-refractivity contribution < 1.29 is 14.6 Å². The lowest BCUT2D eigenvalue weighted by Gasteiger charge is -2.28. The lowest BCUT2D eigenvalue weighted by atomic mass is 10.1. The van der Waals surface area contributed by atoms with Crippen molar-refractivity contribution in [1.29, 1.82) is 0 Å². The van der Waals surface area contributed by atoms with Crippen molar-refractivity contribution in [1.82, 2.24) is 0 Å². The lowest BCUT2D eigenvalue weighted by Crippen LogP contribution is -2.31. The molecule has 1 N–H and O–H groups in total. The number of hydrogen-bond acceptors (Lipinski definition) is 3.